The Hall–Kier alpha value is -0.930. The minimum atomic E-state index is -0.146. The summed E-state index contributed by atoms with van der Waals surface area (Å²) >= 11 is 0. The smallest absolute Gasteiger partial charge is 0.128 e. The Bertz CT molecular complexity index is 415. The Morgan fingerprint density at radius 2 is 1.95 bits per heavy atom. The molecule has 0 spiro atoms. The highest BCUT2D eigenvalue weighted by Crippen LogP contribution is 2.27. The summed E-state index contributed by atoms with van der Waals surface area (Å²) in [6, 6.07) is 6.96. The SMILES string of the molecule is CCCNC(COC1CCC(C)CC1)c1ccccc1F. The number of halogens is 1. The van der Waals surface area contributed by atoms with E-state index in [1.807, 2.05) is 12.1 Å². The predicted octanol–water partition coefficient (Wildman–Crippen LogP) is 4.46. The highest BCUT2D eigenvalue weighted by molar-refractivity contribution is 5.21. The Morgan fingerprint density at radius 3 is 2.62 bits per heavy atom. The monoisotopic (exact) mass is 293 g/mol. The number of nitrogens with one attached hydrogen (secondary N) is 1. The van der Waals surface area contributed by atoms with Crippen LogP contribution in [0.4, 0.5) is 4.39 Å². The van der Waals surface area contributed by atoms with Gasteiger partial charge in [0.25, 0.3) is 0 Å². The summed E-state index contributed by atoms with van der Waals surface area (Å²) in [7, 11) is 0. The number of hydrogen-bond acceptors (Lipinski definition) is 2. The first-order valence-corrected chi connectivity index (χ1v) is 8.30. The molecule has 1 aromatic carbocycles. The van der Waals surface area contributed by atoms with Gasteiger partial charge in [-0.15, -0.1) is 0 Å². The molecule has 1 fully saturated rings. The summed E-state index contributed by atoms with van der Waals surface area (Å²) in [4.78, 5) is 0. The van der Waals surface area contributed by atoms with E-state index in [2.05, 4.69) is 19.2 Å². The van der Waals surface area contributed by atoms with Crippen molar-refractivity contribution in [3.05, 3.63) is 35.6 Å². The lowest BCUT2D eigenvalue weighted by molar-refractivity contribution is 0.00749. The third-order valence-corrected chi connectivity index (χ3v) is 4.38. The fourth-order valence-electron chi connectivity index (χ4n) is 2.96. The largest absolute Gasteiger partial charge is 0.376 e. The average molecular weight is 293 g/mol. The molecule has 1 unspecified atom stereocenters. The van der Waals surface area contributed by atoms with Crippen LogP contribution in [-0.4, -0.2) is 19.3 Å². The number of hydrogen-bond donors (Lipinski definition) is 1. The van der Waals surface area contributed by atoms with Gasteiger partial charge in [-0.25, -0.2) is 4.39 Å². The molecule has 2 rings (SSSR count). The summed E-state index contributed by atoms with van der Waals surface area (Å²) in [5.41, 5.74) is 0.718. The number of rotatable bonds is 7. The van der Waals surface area contributed by atoms with Gasteiger partial charge in [-0.1, -0.05) is 32.0 Å². The van der Waals surface area contributed by atoms with Crippen LogP contribution in [0.15, 0.2) is 24.3 Å². The second kappa shape index (κ2) is 8.50. The van der Waals surface area contributed by atoms with E-state index in [9.17, 15) is 4.39 Å². The molecule has 1 aromatic rings. The topological polar surface area (TPSA) is 21.3 Å². The van der Waals surface area contributed by atoms with Crippen LogP contribution in [0.5, 0.6) is 0 Å². The summed E-state index contributed by atoms with van der Waals surface area (Å²) in [6.45, 7) is 5.86. The van der Waals surface area contributed by atoms with E-state index < -0.39 is 0 Å². The highest BCUT2D eigenvalue weighted by atomic mass is 19.1. The van der Waals surface area contributed by atoms with Gasteiger partial charge >= 0.3 is 0 Å². The van der Waals surface area contributed by atoms with Crippen molar-refractivity contribution >= 4 is 0 Å². The molecule has 0 heterocycles. The van der Waals surface area contributed by atoms with Crippen LogP contribution in [0.25, 0.3) is 0 Å². The quantitative estimate of drug-likeness (QED) is 0.801. The second-order valence-electron chi connectivity index (χ2n) is 6.24. The van der Waals surface area contributed by atoms with Crippen molar-refractivity contribution in [2.24, 2.45) is 5.92 Å². The third-order valence-electron chi connectivity index (χ3n) is 4.38. The lowest BCUT2D eigenvalue weighted by Crippen LogP contribution is -2.30. The molecule has 0 aromatic heterocycles. The van der Waals surface area contributed by atoms with Crippen LogP contribution >= 0.6 is 0 Å². The minimum Gasteiger partial charge on any atom is -0.376 e. The lowest BCUT2D eigenvalue weighted by Gasteiger charge is -2.28. The fraction of sp³-hybridized carbons (Fsp3) is 0.667. The molecule has 1 aliphatic carbocycles. The van der Waals surface area contributed by atoms with Gasteiger partial charge in [0.1, 0.15) is 5.82 Å². The maximum Gasteiger partial charge on any atom is 0.128 e. The van der Waals surface area contributed by atoms with E-state index in [0.717, 1.165) is 37.3 Å². The van der Waals surface area contributed by atoms with Crippen LogP contribution in [0, 0.1) is 11.7 Å². The van der Waals surface area contributed by atoms with Crippen molar-refractivity contribution in [3.63, 3.8) is 0 Å². The molecule has 0 saturated heterocycles. The van der Waals surface area contributed by atoms with E-state index in [4.69, 9.17) is 4.74 Å². The Kier molecular flexibility index (Phi) is 6.65. The summed E-state index contributed by atoms with van der Waals surface area (Å²) in [5.74, 6) is 0.678. The average Bonchev–Trinajstić information content (AvgIpc) is 2.50. The maximum atomic E-state index is 14.0. The zero-order chi connectivity index (χ0) is 15.1. The molecule has 1 atom stereocenters. The maximum absolute atomic E-state index is 14.0. The molecular formula is C18H28FNO. The predicted molar refractivity (Wildman–Crippen MR) is 84.8 cm³/mol. The molecule has 0 radical (unpaired) electrons. The van der Waals surface area contributed by atoms with Crippen molar-refractivity contribution < 1.29 is 9.13 Å². The molecule has 1 aliphatic rings. The van der Waals surface area contributed by atoms with Gasteiger partial charge in [0.05, 0.1) is 18.8 Å². The molecule has 0 aliphatic heterocycles. The van der Waals surface area contributed by atoms with Crippen molar-refractivity contribution in [2.75, 3.05) is 13.2 Å². The zero-order valence-corrected chi connectivity index (χ0v) is 13.3. The van der Waals surface area contributed by atoms with Gasteiger partial charge in [0.2, 0.25) is 0 Å². The molecular weight excluding hydrogens is 265 g/mol. The summed E-state index contributed by atoms with van der Waals surface area (Å²) in [5, 5.41) is 3.41. The molecule has 118 valence electrons. The van der Waals surface area contributed by atoms with Gasteiger partial charge in [0.15, 0.2) is 0 Å². The van der Waals surface area contributed by atoms with Crippen LogP contribution in [0.3, 0.4) is 0 Å². The Balaban J connectivity index is 1.92. The van der Waals surface area contributed by atoms with E-state index in [0.29, 0.717) is 12.7 Å². The first-order valence-electron chi connectivity index (χ1n) is 8.30. The van der Waals surface area contributed by atoms with Gasteiger partial charge in [-0.3, -0.25) is 0 Å². The van der Waals surface area contributed by atoms with Crippen molar-refractivity contribution in [1.82, 2.24) is 5.32 Å². The van der Waals surface area contributed by atoms with Gasteiger partial charge < -0.3 is 10.1 Å². The van der Waals surface area contributed by atoms with E-state index in [1.165, 1.54) is 18.9 Å². The minimum absolute atomic E-state index is 0.0505. The van der Waals surface area contributed by atoms with Crippen molar-refractivity contribution in [3.8, 4) is 0 Å². The number of ether oxygens (including phenoxy) is 1. The molecule has 0 amide bonds. The van der Waals surface area contributed by atoms with E-state index in [-0.39, 0.29) is 11.9 Å². The zero-order valence-electron chi connectivity index (χ0n) is 13.3. The molecule has 21 heavy (non-hydrogen) atoms. The third kappa shape index (κ3) is 5.08. The first kappa shape index (κ1) is 16.4. The van der Waals surface area contributed by atoms with Gasteiger partial charge in [-0.2, -0.15) is 0 Å². The summed E-state index contributed by atoms with van der Waals surface area (Å²) < 4.78 is 20.1. The molecule has 1 saturated carbocycles. The second-order valence-corrected chi connectivity index (χ2v) is 6.24. The first-order chi connectivity index (χ1) is 10.2. The van der Waals surface area contributed by atoms with Crippen molar-refractivity contribution in [1.29, 1.82) is 0 Å². The van der Waals surface area contributed by atoms with Gasteiger partial charge in [0, 0.05) is 5.56 Å². The van der Waals surface area contributed by atoms with Crippen LogP contribution in [0.1, 0.15) is 57.6 Å². The van der Waals surface area contributed by atoms with Crippen LogP contribution in [-0.2, 0) is 4.74 Å². The van der Waals surface area contributed by atoms with Gasteiger partial charge in [-0.05, 0) is 50.6 Å². The standard InChI is InChI=1S/C18H28FNO/c1-3-12-20-18(16-6-4-5-7-17(16)19)13-21-15-10-8-14(2)9-11-15/h4-7,14-15,18,20H,3,8-13H2,1-2H3. The van der Waals surface area contributed by atoms with Crippen LogP contribution in [0.2, 0.25) is 0 Å². The highest BCUT2D eigenvalue weighted by Gasteiger charge is 2.21. The summed E-state index contributed by atoms with van der Waals surface area (Å²) in [6.07, 6.45) is 6.15. The molecule has 1 N–H and O–H groups in total. The molecule has 3 heteroatoms. The van der Waals surface area contributed by atoms with Crippen molar-refractivity contribution in [2.45, 2.75) is 58.1 Å². The molecule has 0 bridgehead atoms. The lowest BCUT2D eigenvalue weighted by atomic mass is 9.89. The van der Waals surface area contributed by atoms with Crippen LogP contribution < -0.4 is 5.32 Å². The van der Waals surface area contributed by atoms with E-state index in [1.54, 1.807) is 6.07 Å². The number of benzene rings is 1. The Labute approximate surface area is 128 Å². The molecule has 2 nitrogen and oxygen atoms in total. The normalized spacial score (nSPS) is 24.0. The Morgan fingerprint density at radius 1 is 1.24 bits per heavy atom. The fourth-order valence-corrected chi connectivity index (χ4v) is 2.96. The van der Waals surface area contributed by atoms with E-state index >= 15 is 0 Å².